The molecule has 1 heterocycles. The molecule has 0 bridgehead atoms. The van der Waals surface area contributed by atoms with Crippen LogP contribution in [0.15, 0.2) is 42.5 Å². The quantitative estimate of drug-likeness (QED) is 0.431. The number of fused-ring (bicyclic) bond motifs is 1. The SMILES string of the molecule is CCCCNC(=O)[C@H](CC)N(Cc1ccc(F)cc1)C(=O)CN(c1ccc2c(c1)OCO2)S(C)(=O)=O. The van der Waals surface area contributed by atoms with Crippen LogP contribution in [0.5, 0.6) is 11.5 Å². The Bertz CT molecular complexity index is 1170. The molecule has 0 fully saturated rings. The van der Waals surface area contributed by atoms with Crippen molar-refractivity contribution in [2.45, 2.75) is 45.7 Å². The highest BCUT2D eigenvalue weighted by Gasteiger charge is 2.32. The van der Waals surface area contributed by atoms with E-state index in [0.29, 0.717) is 30.0 Å². The molecule has 36 heavy (non-hydrogen) atoms. The number of carbonyl (C=O) groups is 2. The summed E-state index contributed by atoms with van der Waals surface area (Å²) in [6.07, 6.45) is 3.01. The number of sulfonamides is 1. The first kappa shape index (κ1) is 27.3. The summed E-state index contributed by atoms with van der Waals surface area (Å²) in [5.74, 6) is -0.466. The number of ether oxygens (including phenoxy) is 2. The molecule has 0 saturated carbocycles. The molecule has 3 rings (SSSR count). The summed E-state index contributed by atoms with van der Waals surface area (Å²) in [5, 5.41) is 2.85. The molecule has 1 atom stereocenters. The monoisotopic (exact) mass is 521 g/mol. The van der Waals surface area contributed by atoms with E-state index in [9.17, 15) is 22.4 Å². The maximum absolute atomic E-state index is 13.6. The van der Waals surface area contributed by atoms with E-state index in [4.69, 9.17) is 9.47 Å². The first-order chi connectivity index (χ1) is 17.1. The van der Waals surface area contributed by atoms with Gasteiger partial charge in [-0.3, -0.25) is 13.9 Å². The van der Waals surface area contributed by atoms with E-state index in [1.54, 1.807) is 13.0 Å². The Balaban J connectivity index is 1.91. The van der Waals surface area contributed by atoms with Crippen molar-refractivity contribution >= 4 is 27.5 Å². The molecular formula is C25H32FN3O6S. The molecule has 196 valence electrons. The van der Waals surface area contributed by atoms with E-state index in [-0.39, 0.29) is 24.9 Å². The van der Waals surface area contributed by atoms with Crippen molar-refractivity contribution in [3.8, 4) is 11.5 Å². The van der Waals surface area contributed by atoms with Crippen molar-refractivity contribution in [1.82, 2.24) is 10.2 Å². The zero-order valence-electron chi connectivity index (χ0n) is 20.7. The predicted octanol–water partition coefficient (Wildman–Crippen LogP) is 3.04. The zero-order valence-corrected chi connectivity index (χ0v) is 21.5. The minimum atomic E-state index is -3.87. The lowest BCUT2D eigenvalue weighted by atomic mass is 10.1. The van der Waals surface area contributed by atoms with Crippen LogP contribution in [-0.2, 0) is 26.2 Å². The Morgan fingerprint density at radius 3 is 2.42 bits per heavy atom. The highest BCUT2D eigenvalue weighted by molar-refractivity contribution is 7.92. The number of halogens is 1. The van der Waals surface area contributed by atoms with Gasteiger partial charge in [-0.2, -0.15) is 0 Å². The van der Waals surface area contributed by atoms with E-state index in [0.717, 1.165) is 23.4 Å². The first-order valence-electron chi connectivity index (χ1n) is 11.8. The number of carbonyl (C=O) groups excluding carboxylic acids is 2. The third-order valence-electron chi connectivity index (χ3n) is 5.80. The minimum absolute atomic E-state index is 0.0115. The van der Waals surface area contributed by atoms with Gasteiger partial charge < -0.3 is 19.7 Å². The lowest BCUT2D eigenvalue weighted by Gasteiger charge is -2.33. The van der Waals surface area contributed by atoms with E-state index in [2.05, 4.69) is 5.32 Å². The molecular weight excluding hydrogens is 489 g/mol. The Hall–Kier alpha value is -3.34. The highest BCUT2D eigenvalue weighted by Crippen LogP contribution is 2.36. The van der Waals surface area contributed by atoms with Gasteiger partial charge in [-0.1, -0.05) is 32.4 Å². The van der Waals surface area contributed by atoms with Crippen molar-refractivity contribution < 1.29 is 31.9 Å². The Morgan fingerprint density at radius 1 is 1.08 bits per heavy atom. The van der Waals surface area contributed by atoms with E-state index in [1.165, 1.54) is 41.3 Å². The van der Waals surface area contributed by atoms with Gasteiger partial charge in [0, 0.05) is 19.2 Å². The fraction of sp³-hybridized carbons (Fsp3) is 0.440. The normalized spacial score (nSPS) is 13.2. The summed E-state index contributed by atoms with van der Waals surface area (Å²) < 4.78 is 50.5. The largest absolute Gasteiger partial charge is 0.454 e. The van der Waals surface area contributed by atoms with Gasteiger partial charge in [0.05, 0.1) is 11.9 Å². The number of amides is 2. The number of hydrogen-bond donors (Lipinski definition) is 1. The maximum atomic E-state index is 13.6. The zero-order chi connectivity index (χ0) is 26.3. The van der Waals surface area contributed by atoms with Gasteiger partial charge in [-0.25, -0.2) is 12.8 Å². The average molecular weight is 522 g/mol. The fourth-order valence-corrected chi connectivity index (χ4v) is 4.71. The third kappa shape index (κ3) is 6.87. The number of hydrogen-bond acceptors (Lipinski definition) is 6. The second-order valence-electron chi connectivity index (χ2n) is 8.52. The van der Waals surface area contributed by atoms with Crippen LogP contribution in [0.1, 0.15) is 38.7 Å². The lowest BCUT2D eigenvalue weighted by molar-refractivity contribution is -0.140. The number of nitrogens with zero attached hydrogens (tertiary/aromatic N) is 2. The van der Waals surface area contributed by atoms with Crippen LogP contribution in [0.4, 0.5) is 10.1 Å². The lowest BCUT2D eigenvalue weighted by Crippen LogP contribution is -2.52. The number of nitrogens with one attached hydrogen (secondary N) is 1. The van der Waals surface area contributed by atoms with Crippen molar-refractivity contribution in [2.75, 3.05) is 30.4 Å². The topological polar surface area (TPSA) is 105 Å². The van der Waals surface area contributed by atoms with E-state index in [1.807, 2.05) is 6.92 Å². The van der Waals surface area contributed by atoms with Gasteiger partial charge in [0.1, 0.15) is 18.4 Å². The second kappa shape index (κ2) is 12.1. The number of unbranched alkanes of at least 4 members (excludes halogenated alkanes) is 1. The average Bonchev–Trinajstić information content (AvgIpc) is 3.31. The molecule has 2 aromatic carbocycles. The van der Waals surface area contributed by atoms with Gasteiger partial charge in [0.2, 0.25) is 28.6 Å². The second-order valence-corrected chi connectivity index (χ2v) is 10.4. The van der Waals surface area contributed by atoms with Crippen LogP contribution in [0.3, 0.4) is 0 Å². The van der Waals surface area contributed by atoms with Crippen LogP contribution in [-0.4, -0.2) is 57.3 Å². The number of anilines is 1. The smallest absolute Gasteiger partial charge is 0.244 e. The molecule has 0 radical (unpaired) electrons. The standard InChI is InChI=1S/C25H32FN3O6S/c1-4-6-13-27-25(31)21(5-2)28(15-18-7-9-19(26)10-8-18)24(30)16-29(36(3,32)33)20-11-12-22-23(14-20)35-17-34-22/h7-12,14,21H,4-6,13,15-17H2,1-3H3,(H,27,31)/t21-/m0/s1. The van der Waals surface area contributed by atoms with Crippen LogP contribution in [0.25, 0.3) is 0 Å². The van der Waals surface area contributed by atoms with Gasteiger partial charge in [0.15, 0.2) is 11.5 Å². The van der Waals surface area contributed by atoms with Crippen molar-refractivity contribution in [1.29, 1.82) is 0 Å². The molecule has 0 aromatic heterocycles. The van der Waals surface area contributed by atoms with Gasteiger partial charge in [-0.05, 0) is 42.7 Å². The first-order valence-corrected chi connectivity index (χ1v) is 13.7. The molecule has 1 aliphatic heterocycles. The maximum Gasteiger partial charge on any atom is 0.244 e. The molecule has 1 N–H and O–H groups in total. The van der Waals surface area contributed by atoms with Crippen LogP contribution in [0, 0.1) is 5.82 Å². The summed E-state index contributed by atoms with van der Waals surface area (Å²) in [6.45, 7) is 3.76. The van der Waals surface area contributed by atoms with Crippen LogP contribution >= 0.6 is 0 Å². The van der Waals surface area contributed by atoms with Crippen molar-refractivity contribution in [3.63, 3.8) is 0 Å². The fourth-order valence-electron chi connectivity index (χ4n) is 3.87. The molecule has 11 heteroatoms. The molecule has 1 aliphatic rings. The molecule has 0 saturated heterocycles. The molecule has 9 nitrogen and oxygen atoms in total. The molecule has 0 aliphatic carbocycles. The van der Waals surface area contributed by atoms with Gasteiger partial charge >= 0.3 is 0 Å². The Labute approximate surface area is 211 Å². The highest BCUT2D eigenvalue weighted by atomic mass is 32.2. The molecule has 0 unspecified atom stereocenters. The predicted molar refractivity (Wildman–Crippen MR) is 134 cm³/mol. The van der Waals surface area contributed by atoms with E-state index >= 15 is 0 Å². The van der Waals surface area contributed by atoms with Crippen LogP contribution < -0.4 is 19.1 Å². The molecule has 0 spiro atoms. The summed E-state index contributed by atoms with van der Waals surface area (Å²) in [7, 11) is -3.87. The number of benzene rings is 2. The van der Waals surface area contributed by atoms with E-state index < -0.39 is 34.3 Å². The summed E-state index contributed by atoms with van der Waals surface area (Å²) in [6, 6.07) is 9.37. The molecule has 2 amide bonds. The summed E-state index contributed by atoms with van der Waals surface area (Å²) >= 11 is 0. The third-order valence-corrected chi connectivity index (χ3v) is 6.95. The summed E-state index contributed by atoms with van der Waals surface area (Å²) in [5.41, 5.74) is 0.843. The van der Waals surface area contributed by atoms with Crippen molar-refractivity contribution in [3.05, 3.63) is 53.8 Å². The summed E-state index contributed by atoms with van der Waals surface area (Å²) in [4.78, 5) is 28.0. The van der Waals surface area contributed by atoms with Gasteiger partial charge in [-0.15, -0.1) is 0 Å². The minimum Gasteiger partial charge on any atom is -0.454 e. The molecule has 2 aromatic rings. The van der Waals surface area contributed by atoms with Crippen molar-refractivity contribution in [2.24, 2.45) is 0 Å². The number of rotatable bonds is 12. The van der Waals surface area contributed by atoms with Gasteiger partial charge in [0.25, 0.3) is 0 Å². The Kier molecular flexibility index (Phi) is 9.14. The Morgan fingerprint density at radius 2 is 1.78 bits per heavy atom. The van der Waals surface area contributed by atoms with Crippen LogP contribution in [0.2, 0.25) is 0 Å².